The van der Waals surface area contributed by atoms with E-state index in [2.05, 4.69) is 5.32 Å². The third kappa shape index (κ3) is 7.03. The molecule has 1 N–H and O–H groups in total. The van der Waals surface area contributed by atoms with E-state index in [0.717, 1.165) is 12.8 Å². The summed E-state index contributed by atoms with van der Waals surface area (Å²) in [6.07, 6.45) is 2.75. The van der Waals surface area contributed by atoms with Crippen molar-refractivity contribution in [1.82, 2.24) is 5.32 Å². The average Bonchev–Trinajstić information content (AvgIpc) is 1.97. The number of ketones is 1. The summed E-state index contributed by atoms with van der Waals surface area (Å²) in [5.41, 5.74) is 0. The van der Waals surface area contributed by atoms with E-state index in [-0.39, 0.29) is 11.7 Å². The lowest BCUT2D eigenvalue weighted by Gasteiger charge is -1.97. The Labute approximate surface area is 67.2 Å². The van der Waals surface area contributed by atoms with Gasteiger partial charge in [-0.15, -0.1) is 0 Å². The number of hydrogen-bond acceptors (Lipinski definition) is 2. The Morgan fingerprint density at radius 1 is 1.18 bits per heavy atom. The number of carbonyl (C=O) groups is 2. The van der Waals surface area contributed by atoms with Gasteiger partial charge in [-0.1, -0.05) is 0 Å². The Kier molecular flexibility index (Phi) is 5.43. The lowest BCUT2D eigenvalue weighted by molar-refractivity contribution is -0.121. The van der Waals surface area contributed by atoms with Crippen LogP contribution in [0.2, 0.25) is 0 Å². The summed E-state index contributed by atoms with van der Waals surface area (Å²) in [6, 6.07) is 0. The Morgan fingerprint density at radius 3 is 2.18 bits per heavy atom. The van der Waals surface area contributed by atoms with Crippen LogP contribution in [0.25, 0.3) is 0 Å². The van der Waals surface area contributed by atoms with Gasteiger partial charge in [-0.05, 0) is 19.8 Å². The van der Waals surface area contributed by atoms with Crippen LogP contribution in [-0.2, 0) is 9.59 Å². The van der Waals surface area contributed by atoms with Crippen molar-refractivity contribution in [3.05, 3.63) is 0 Å². The maximum atomic E-state index is 10.7. The van der Waals surface area contributed by atoms with Gasteiger partial charge in [0.2, 0.25) is 5.91 Å². The lowest BCUT2D eigenvalue weighted by atomic mass is 10.1. The van der Waals surface area contributed by atoms with Gasteiger partial charge in [-0.3, -0.25) is 4.79 Å². The second-order valence-electron chi connectivity index (χ2n) is 2.58. The Morgan fingerprint density at radius 2 is 1.73 bits per heavy atom. The van der Waals surface area contributed by atoms with E-state index in [1.54, 1.807) is 14.0 Å². The summed E-state index contributed by atoms with van der Waals surface area (Å²) in [5.74, 6) is 0.246. The maximum Gasteiger partial charge on any atom is 0.219 e. The number of carbonyl (C=O) groups excluding carboxylic acids is 2. The number of hydrogen-bond donors (Lipinski definition) is 1. The van der Waals surface area contributed by atoms with Crippen LogP contribution in [-0.4, -0.2) is 18.7 Å². The van der Waals surface area contributed by atoms with Crippen molar-refractivity contribution in [2.24, 2.45) is 0 Å². The van der Waals surface area contributed by atoms with E-state index >= 15 is 0 Å². The van der Waals surface area contributed by atoms with Crippen LogP contribution in [0, 0.1) is 0 Å². The number of rotatable bonds is 5. The molecule has 0 saturated carbocycles. The van der Waals surface area contributed by atoms with Gasteiger partial charge in [0, 0.05) is 19.9 Å². The highest BCUT2D eigenvalue weighted by Gasteiger charge is 1.98. The second-order valence-corrected chi connectivity index (χ2v) is 2.58. The molecule has 0 saturated heterocycles. The number of nitrogens with one attached hydrogen (secondary N) is 1. The number of amides is 1. The Hall–Kier alpha value is -0.860. The molecular weight excluding hydrogens is 142 g/mol. The molecule has 0 radical (unpaired) electrons. The zero-order valence-electron chi connectivity index (χ0n) is 7.14. The van der Waals surface area contributed by atoms with Crippen LogP contribution in [0.5, 0.6) is 0 Å². The standard InChI is InChI=1S/C8H15NO2/c1-7(10)5-3-4-6-8(11)9-2/h3-6H2,1-2H3,(H,9,11). The molecule has 0 unspecified atom stereocenters. The van der Waals surface area contributed by atoms with Crippen molar-refractivity contribution in [3.8, 4) is 0 Å². The fourth-order valence-corrected chi connectivity index (χ4v) is 0.785. The van der Waals surface area contributed by atoms with E-state index in [1.807, 2.05) is 0 Å². The molecule has 0 atom stereocenters. The smallest absolute Gasteiger partial charge is 0.219 e. The van der Waals surface area contributed by atoms with Gasteiger partial charge in [-0.25, -0.2) is 0 Å². The summed E-state index contributed by atoms with van der Waals surface area (Å²) in [5, 5.41) is 2.53. The molecule has 3 heteroatoms. The van der Waals surface area contributed by atoms with E-state index in [0.29, 0.717) is 12.8 Å². The molecule has 0 aromatic rings. The summed E-state index contributed by atoms with van der Waals surface area (Å²) in [6.45, 7) is 1.57. The van der Waals surface area contributed by atoms with E-state index in [9.17, 15) is 9.59 Å². The molecule has 0 bridgehead atoms. The van der Waals surface area contributed by atoms with Gasteiger partial charge in [0.05, 0.1) is 0 Å². The predicted molar refractivity (Wildman–Crippen MR) is 43.2 cm³/mol. The van der Waals surface area contributed by atoms with Gasteiger partial charge in [0.15, 0.2) is 0 Å². The molecule has 0 spiro atoms. The van der Waals surface area contributed by atoms with Gasteiger partial charge in [-0.2, -0.15) is 0 Å². The van der Waals surface area contributed by atoms with E-state index in [4.69, 9.17) is 0 Å². The zero-order chi connectivity index (χ0) is 8.69. The highest BCUT2D eigenvalue weighted by Crippen LogP contribution is 1.99. The summed E-state index contributed by atoms with van der Waals surface area (Å²) in [4.78, 5) is 21.1. The van der Waals surface area contributed by atoms with Crippen molar-refractivity contribution in [1.29, 1.82) is 0 Å². The van der Waals surface area contributed by atoms with E-state index < -0.39 is 0 Å². The quantitative estimate of drug-likeness (QED) is 0.602. The first-order valence-corrected chi connectivity index (χ1v) is 3.87. The first-order chi connectivity index (χ1) is 5.16. The van der Waals surface area contributed by atoms with Crippen molar-refractivity contribution < 1.29 is 9.59 Å². The monoisotopic (exact) mass is 157 g/mol. The molecule has 0 aliphatic heterocycles. The highest BCUT2D eigenvalue weighted by molar-refractivity contribution is 5.76. The topological polar surface area (TPSA) is 46.2 Å². The molecule has 0 aliphatic rings. The van der Waals surface area contributed by atoms with Gasteiger partial charge < -0.3 is 10.1 Å². The van der Waals surface area contributed by atoms with Crippen LogP contribution >= 0.6 is 0 Å². The summed E-state index contributed by atoms with van der Waals surface area (Å²) in [7, 11) is 1.62. The molecule has 64 valence electrons. The molecule has 3 nitrogen and oxygen atoms in total. The lowest BCUT2D eigenvalue weighted by Crippen LogP contribution is -2.16. The Balaban J connectivity index is 3.14. The van der Waals surface area contributed by atoms with Crippen LogP contribution in [0.3, 0.4) is 0 Å². The maximum absolute atomic E-state index is 10.7. The van der Waals surface area contributed by atoms with Crippen molar-refractivity contribution in [3.63, 3.8) is 0 Å². The minimum absolute atomic E-state index is 0.0496. The minimum atomic E-state index is 0.0496. The van der Waals surface area contributed by atoms with Gasteiger partial charge >= 0.3 is 0 Å². The molecule has 1 amide bonds. The molecule has 0 aliphatic carbocycles. The molecule has 11 heavy (non-hydrogen) atoms. The molecule has 0 heterocycles. The zero-order valence-corrected chi connectivity index (χ0v) is 7.14. The van der Waals surface area contributed by atoms with Crippen LogP contribution in [0.1, 0.15) is 32.6 Å². The summed E-state index contributed by atoms with van der Waals surface area (Å²) < 4.78 is 0. The Bertz CT molecular complexity index is 143. The predicted octanol–water partition coefficient (Wildman–Crippen LogP) is 0.882. The van der Waals surface area contributed by atoms with Crippen molar-refractivity contribution >= 4 is 11.7 Å². The van der Waals surface area contributed by atoms with E-state index in [1.165, 1.54) is 0 Å². The van der Waals surface area contributed by atoms with Gasteiger partial charge in [0.1, 0.15) is 5.78 Å². The largest absolute Gasteiger partial charge is 0.359 e. The second kappa shape index (κ2) is 5.89. The van der Waals surface area contributed by atoms with Crippen LogP contribution in [0.15, 0.2) is 0 Å². The number of Topliss-reactive ketones (excluding diaryl/α,β-unsaturated/α-hetero) is 1. The van der Waals surface area contributed by atoms with Crippen LogP contribution < -0.4 is 5.32 Å². The normalized spacial score (nSPS) is 9.27. The molecular formula is C8H15NO2. The first-order valence-electron chi connectivity index (χ1n) is 3.87. The van der Waals surface area contributed by atoms with Crippen LogP contribution in [0.4, 0.5) is 0 Å². The SMILES string of the molecule is CNC(=O)CCCCC(C)=O. The fourth-order valence-electron chi connectivity index (χ4n) is 0.785. The molecule has 0 aromatic heterocycles. The van der Waals surface area contributed by atoms with Crippen molar-refractivity contribution in [2.75, 3.05) is 7.05 Å². The highest BCUT2D eigenvalue weighted by atomic mass is 16.1. The average molecular weight is 157 g/mol. The first kappa shape index (κ1) is 10.1. The third-order valence-corrected chi connectivity index (χ3v) is 1.46. The molecule has 0 fully saturated rings. The number of unbranched alkanes of at least 4 members (excludes halogenated alkanes) is 1. The fraction of sp³-hybridized carbons (Fsp3) is 0.750. The third-order valence-electron chi connectivity index (χ3n) is 1.46. The van der Waals surface area contributed by atoms with Gasteiger partial charge in [0.25, 0.3) is 0 Å². The molecule has 0 rings (SSSR count). The minimum Gasteiger partial charge on any atom is -0.359 e. The molecule has 0 aromatic carbocycles. The van der Waals surface area contributed by atoms with Crippen molar-refractivity contribution in [2.45, 2.75) is 32.6 Å². The summed E-state index contributed by atoms with van der Waals surface area (Å²) >= 11 is 0.